The quantitative estimate of drug-likeness (QED) is 0.526. The number of methoxy groups -OCH3 is 1. The van der Waals surface area contributed by atoms with Crippen LogP contribution in [0.5, 0.6) is 5.75 Å². The zero-order valence-corrected chi connectivity index (χ0v) is 18.6. The van der Waals surface area contributed by atoms with Crippen molar-refractivity contribution in [3.8, 4) is 5.75 Å². The summed E-state index contributed by atoms with van der Waals surface area (Å²) in [5.41, 5.74) is 1.57. The number of Topliss-reactive ketones (excluding diaryl/α,β-unsaturated/α-hetero) is 1. The lowest BCUT2D eigenvalue weighted by atomic mass is 9.80. The van der Waals surface area contributed by atoms with Crippen LogP contribution in [0.25, 0.3) is 10.8 Å². The van der Waals surface area contributed by atoms with Crippen LogP contribution in [0.2, 0.25) is 0 Å². The van der Waals surface area contributed by atoms with Gasteiger partial charge in [-0.2, -0.15) is 0 Å². The van der Waals surface area contributed by atoms with E-state index in [1.165, 1.54) is 0 Å². The zero-order valence-electron chi connectivity index (χ0n) is 18.6. The minimum atomic E-state index is -0.342. The molecule has 2 heterocycles. The first-order valence-corrected chi connectivity index (χ1v) is 11.3. The fourth-order valence-corrected chi connectivity index (χ4v) is 5.10. The van der Waals surface area contributed by atoms with Crippen LogP contribution in [0, 0.1) is 5.92 Å². The van der Waals surface area contributed by atoms with Crippen LogP contribution < -0.4 is 4.74 Å². The number of ketones is 1. The molecule has 0 radical (unpaired) electrons. The van der Waals surface area contributed by atoms with Gasteiger partial charge in [-0.3, -0.25) is 9.69 Å². The maximum absolute atomic E-state index is 13.8. The standard InChI is InChI=1S/C27H27NO5/c1-31-24-12-11-19-9-5-6-10-23(19)25(24)26(29)20-13-21-16-32-17-22(14-20)28(21)27(30)33-15-18-7-3-2-4-8-18/h2-12,20-22H,13-17H2,1H3. The average molecular weight is 446 g/mol. The molecule has 0 N–H and O–H groups in total. The number of benzene rings is 3. The van der Waals surface area contributed by atoms with Crippen molar-refractivity contribution >= 4 is 22.6 Å². The number of rotatable bonds is 5. The van der Waals surface area contributed by atoms with E-state index in [0.717, 1.165) is 16.3 Å². The Labute approximate surface area is 193 Å². The third kappa shape index (κ3) is 4.18. The van der Waals surface area contributed by atoms with E-state index in [-0.39, 0.29) is 36.5 Å². The number of carbonyl (C=O) groups is 2. The van der Waals surface area contributed by atoms with Gasteiger partial charge in [0.1, 0.15) is 12.4 Å². The first kappa shape index (κ1) is 21.5. The van der Waals surface area contributed by atoms with Gasteiger partial charge < -0.3 is 14.2 Å². The highest BCUT2D eigenvalue weighted by Crippen LogP contribution is 2.37. The summed E-state index contributed by atoms with van der Waals surface area (Å²) in [6, 6.07) is 21.0. The molecule has 2 bridgehead atoms. The summed E-state index contributed by atoms with van der Waals surface area (Å²) in [5.74, 6) is 0.449. The summed E-state index contributed by atoms with van der Waals surface area (Å²) in [7, 11) is 1.59. The molecule has 0 aromatic heterocycles. The molecule has 3 aromatic carbocycles. The number of morpholine rings is 1. The summed E-state index contributed by atoms with van der Waals surface area (Å²) in [4.78, 5) is 28.5. The predicted molar refractivity (Wildman–Crippen MR) is 124 cm³/mol. The van der Waals surface area contributed by atoms with Gasteiger partial charge in [0.15, 0.2) is 5.78 Å². The van der Waals surface area contributed by atoms with E-state index in [2.05, 4.69) is 0 Å². The Morgan fingerprint density at radius 2 is 1.64 bits per heavy atom. The number of nitrogens with zero attached hydrogens (tertiary/aromatic N) is 1. The number of carbonyl (C=O) groups excluding carboxylic acids is 2. The number of piperidine rings is 1. The molecule has 33 heavy (non-hydrogen) atoms. The molecule has 1 amide bonds. The lowest BCUT2D eigenvalue weighted by molar-refractivity contribution is -0.0755. The Morgan fingerprint density at radius 3 is 2.36 bits per heavy atom. The van der Waals surface area contributed by atoms with E-state index in [9.17, 15) is 9.59 Å². The van der Waals surface area contributed by atoms with Gasteiger partial charge in [-0.1, -0.05) is 60.7 Å². The van der Waals surface area contributed by atoms with Crippen molar-refractivity contribution < 1.29 is 23.8 Å². The average Bonchev–Trinajstić information content (AvgIpc) is 2.86. The predicted octanol–water partition coefficient (Wildman–Crippen LogP) is 4.85. The van der Waals surface area contributed by atoms with Crippen molar-refractivity contribution in [3.05, 3.63) is 77.9 Å². The molecule has 5 rings (SSSR count). The van der Waals surface area contributed by atoms with E-state index >= 15 is 0 Å². The summed E-state index contributed by atoms with van der Waals surface area (Å²) in [6.45, 7) is 1.05. The molecule has 0 spiro atoms. The highest BCUT2D eigenvalue weighted by atomic mass is 16.6. The highest BCUT2D eigenvalue weighted by molar-refractivity contribution is 6.11. The largest absolute Gasteiger partial charge is 0.496 e. The van der Waals surface area contributed by atoms with Crippen LogP contribution in [0.3, 0.4) is 0 Å². The van der Waals surface area contributed by atoms with Crippen molar-refractivity contribution in [3.63, 3.8) is 0 Å². The van der Waals surface area contributed by atoms with Gasteiger partial charge in [-0.05, 0) is 35.2 Å². The normalized spacial score (nSPS) is 22.1. The number of fused-ring (bicyclic) bond motifs is 3. The lowest BCUT2D eigenvalue weighted by Gasteiger charge is -2.47. The molecule has 2 aliphatic rings. The van der Waals surface area contributed by atoms with Gasteiger partial charge in [0.2, 0.25) is 0 Å². The third-order valence-electron chi connectivity index (χ3n) is 6.66. The number of amides is 1. The molecule has 170 valence electrons. The zero-order chi connectivity index (χ0) is 22.8. The van der Waals surface area contributed by atoms with E-state index in [0.29, 0.717) is 37.4 Å². The Morgan fingerprint density at radius 1 is 0.939 bits per heavy atom. The van der Waals surface area contributed by atoms with Crippen LogP contribution in [0.15, 0.2) is 66.7 Å². The number of hydrogen-bond acceptors (Lipinski definition) is 5. The van der Waals surface area contributed by atoms with Gasteiger partial charge >= 0.3 is 6.09 Å². The van der Waals surface area contributed by atoms with Crippen LogP contribution in [0.4, 0.5) is 4.79 Å². The molecule has 6 heteroatoms. The molecule has 2 fully saturated rings. The summed E-state index contributed by atoms with van der Waals surface area (Å²) >= 11 is 0. The molecule has 2 aliphatic heterocycles. The first-order chi connectivity index (χ1) is 16.2. The molecule has 2 unspecified atom stereocenters. The van der Waals surface area contributed by atoms with E-state index in [4.69, 9.17) is 14.2 Å². The van der Waals surface area contributed by atoms with Crippen molar-refractivity contribution in [1.82, 2.24) is 4.90 Å². The number of ether oxygens (including phenoxy) is 3. The topological polar surface area (TPSA) is 65.1 Å². The fourth-order valence-electron chi connectivity index (χ4n) is 5.10. The fraction of sp³-hybridized carbons (Fsp3) is 0.333. The smallest absolute Gasteiger partial charge is 0.410 e. The third-order valence-corrected chi connectivity index (χ3v) is 6.66. The van der Waals surface area contributed by atoms with E-state index in [1.807, 2.05) is 66.7 Å². The summed E-state index contributed by atoms with van der Waals surface area (Å²) < 4.78 is 16.9. The van der Waals surface area contributed by atoms with Crippen LogP contribution >= 0.6 is 0 Å². The summed E-state index contributed by atoms with van der Waals surface area (Å²) in [6.07, 6.45) is 0.746. The molecule has 3 aromatic rings. The van der Waals surface area contributed by atoms with Gasteiger partial charge in [-0.15, -0.1) is 0 Å². The maximum Gasteiger partial charge on any atom is 0.410 e. The Bertz CT molecular complexity index is 1150. The Kier molecular flexibility index (Phi) is 6.01. The van der Waals surface area contributed by atoms with Gasteiger partial charge in [0, 0.05) is 5.92 Å². The SMILES string of the molecule is COc1ccc2ccccc2c1C(=O)C1CC2COCC(C1)N2C(=O)OCc1ccccc1. The number of hydrogen-bond donors (Lipinski definition) is 0. The van der Waals surface area contributed by atoms with Crippen LogP contribution in [0.1, 0.15) is 28.8 Å². The second-order valence-electron chi connectivity index (χ2n) is 8.69. The van der Waals surface area contributed by atoms with Crippen molar-refractivity contribution in [2.24, 2.45) is 5.92 Å². The van der Waals surface area contributed by atoms with Crippen molar-refractivity contribution in [2.75, 3.05) is 20.3 Å². The van der Waals surface area contributed by atoms with Gasteiger partial charge in [0.25, 0.3) is 0 Å². The second-order valence-corrected chi connectivity index (χ2v) is 8.69. The van der Waals surface area contributed by atoms with Crippen molar-refractivity contribution in [1.29, 1.82) is 0 Å². The molecule has 6 nitrogen and oxygen atoms in total. The van der Waals surface area contributed by atoms with Gasteiger partial charge in [-0.25, -0.2) is 4.79 Å². The van der Waals surface area contributed by atoms with E-state index in [1.54, 1.807) is 12.0 Å². The van der Waals surface area contributed by atoms with Crippen LogP contribution in [-0.4, -0.2) is 49.2 Å². The maximum atomic E-state index is 13.8. The Balaban J connectivity index is 1.35. The first-order valence-electron chi connectivity index (χ1n) is 11.3. The van der Waals surface area contributed by atoms with Gasteiger partial charge in [0.05, 0.1) is 38.0 Å². The molecular formula is C27H27NO5. The minimum absolute atomic E-state index is 0.0675. The van der Waals surface area contributed by atoms with E-state index < -0.39 is 0 Å². The Hall–Kier alpha value is -3.38. The summed E-state index contributed by atoms with van der Waals surface area (Å²) in [5, 5.41) is 1.90. The van der Waals surface area contributed by atoms with Crippen LogP contribution in [-0.2, 0) is 16.1 Å². The lowest BCUT2D eigenvalue weighted by Crippen LogP contribution is -2.59. The van der Waals surface area contributed by atoms with Crippen molar-refractivity contribution in [2.45, 2.75) is 31.5 Å². The molecule has 2 atom stereocenters. The molecule has 2 saturated heterocycles. The molecule has 0 saturated carbocycles. The molecular weight excluding hydrogens is 418 g/mol. The minimum Gasteiger partial charge on any atom is -0.496 e. The highest BCUT2D eigenvalue weighted by Gasteiger charge is 2.45. The second kappa shape index (κ2) is 9.24. The monoisotopic (exact) mass is 445 g/mol. The molecule has 0 aliphatic carbocycles.